The first-order valence-corrected chi connectivity index (χ1v) is 8.23. The number of amides is 1. The van der Waals surface area contributed by atoms with E-state index in [4.69, 9.17) is 0 Å². The van der Waals surface area contributed by atoms with Gasteiger partial charge < -0.3 is 10.6 Å². The van der Waals surface area contributed by atoms with Gasteiger partial charge in [-0.1, -0.05) is 12.1 Å². The molecule has 1 amide bonds. The molecule has 2 aromatic rings. The van der Waals surface area contributed by atoms with Crippen LogP contribution in [0.1, 0.15) is 25.2 Å². The van der Waals surface area contributed by atoms with Crippen LogP contribution in [0.4, 0.5) is 5.69 Å². The van der Waals surface area contributed by atoms with Gasteiger partial charge in [0.05, 0.1) is 11.1 Å². The molecule has 1 aliphatic rings. The predicted molar refractivity (Wildman–Crippen MR) is 98.9 cm³/mol. The van der Waals surface area contributed by atoms with Crippen LogP contribution in [0.15, 0.2) is 42.6 Å². The highest BCUT2D eigenvalue weighted by Gasteiger charge is 2.45. The lowest BCUT2D eigenvalue weighted by Crippen LogP contribution is -2.39. The Kier molecular flexibility index (Phi) is 4.20. The number of fused-ring (bicyclic) bond motifs is 1. The second-order valence-electron chi connectivity index (χ2n) is 6.58. The molecule has 6 nitrogen and oxygen atoms in total. The highest BCUT2D eigenvalue weighted by Crippen LogP contribution is 2.44. The van der Waals surface area contributed by atoms with Gasteiger partial charge in [-0.05, 0) is 38.0 Å². The lowest BCUT2D eigenvalue weighted by molar-refractivity contribution is -0.121. The first kappa shape index (κ1) is 17.0. The summed E-state index contributed by atoms with van der Waals surface area (Å²) in [5.74, 6) is 1.48. The van der Waals surface area contributed by atoms with Crippen LogP contribution in [0.5, 0.6) is 0 Å². The van der Waals surface area contributed by atoms with Crippen molar-refractivity contribution in [3.8, 4) is 11.1 Å². The molecule has 0 spiro atoms. The second-order valence-corrected chi connectivity index (χ2v) is 6.58. The summed E-state index contributed by atoms with van der Waals surface area (Å²) in [7, 11) is 3.61. The highest BCUT2D eigenvalue weighted by molar-refractivity contribution is 6.10. The van der Waals surface area contributed by atoms with Gasteiger partial charge in [0, 0.05) is 38.3 Å². The van der Waals surface area contributed by atoms with Gasteiger partial charge >= 0.3 is 0 Å². The van der Waals surface area contributed by atoms with E-state index >= 15 is 0 Å². The van der Waals surface area contributed by atoms with E-state index in [0.717, 1.165) is 28.2 Å². The van der Waals surface area contributed by atoms with Gasteiger partial charge in [0.2, 0.25) is 5.91 Å². The Balaban J connectivity index is 2.15. The molecule has 1 aromatic heterocycles. The van der Waals surface area contributed by atoms with Crippen molar-refractivity contribution in [3.63, 3.8) is 0 Å². The highest BCUT2D eigenvalue weighted by atomic mass is 16.2. The van der Waals surface area contributed by atoms with Gasteiger partial charge in [0.15, 0.2) is 0 Å². The second kappa shape index (κ2) is 6.20. The number of benzene rings is 1. The van der Waals surface area contributed by atoms with Crippen molar-refractivity contribution >= 4 is 11.6 Å². The van der Waals surface area contributed by atoms with Gasteiger partial charge in [-0.15, -0.1) is 0 Å². The summed E-state index contributed by atoms with van der Waals surface area (Å²) in [6.45, 7) is 5.77. The Morgan fingerprint density at radius 2 is 1.84 bits per heavy atom. The molecule has 0 saturated carbocycles. The lowest BCUT2D eigenvalue weighted by Gasteiger charge is -2.23. The number of aryl methyl sites for hydroxylation is 1. The summed E-state index contributed by atoms with van der Waals surface area (Å²) >= 11 is 0. The van der Waals surface area contributed by atoms with Crippen molar-refractivity contribution in [3.05, 3.63) is 54.0 Å². The van der Waals surface area contributed by atoms with E-state index < -0.39 is 5.41 Å². The predicted octanol–water partition coefficient (Wildman–Crippen LogP) is 2.31. The number of hydrogen-bond acceptors (Lipinski definition) is 5. The molecule has 0 unspecified atom stereocenters. The molecule has 0 bridgehead atoms. The third-order valence-electron chi connectivity index (χ3n) is 4.54. The molecule has 0 fully saturated rings. The van der Waals surface area contributed by atoms with Gasteiger partial charge in [-0.2, -0.15) is 0 Å². The Morgan fingerprint density at radius 1 is 1.16 bits per heavy atom. The third kappa shape index (κ3) is 2.73. The van der Waals surface area contributed by atoms with Crippen LogP contribution in [0, 0.1) is 6.92 Å². The van der Waals surface area contributed by atoms with Crippen LogP contribution < -0.4 is 15.5 Å². The van der Waals surface area contributed by atoms with Gasteiger partial charge in [-0.25, -0.2) is 9.97 Å². The summed E-state index contributed by atoms with van der Waals surface area (Å²) < 4.78 is 0. The molecule has 1 aromatic carbocycles. The molecule has 25 heavy (non-hydrogen) atoms. The summed E-state index contributed by atoms with van der Waals surface area (Å²) in [6.07, 6.45) is 5.39. The van der Waals surface area contributed by atoms with Gasteiger partial charge in [-0.3, -0.25) is 9.69 Å². The molecule has 130 valence electrons. The van der Waals surface area contributed by atoms with Crippen molar-refractivity contribution in [1.82, 2.24) is 20.6 Å². The maximum absolute atomic E-state index is 13.0. The summed E-state index contributed by atoms with van der Waals surface area (Å²) in [6, 6.07) is 6.07. The molecule has 2 N–H and O–H groups in total. The number of anilines is 1. The number of carbonyl (C=O) groups excluding carboxylic acids is 1. The van der Waals surface area contributed by atoms with Crippen molar-refractivity contribution in [2.75, 3.05) is 19.0 Å². The van der Waals surface area contributed by atoms with E-state index in [1.807, 2.05) is 46.0 Å². The number of carbonyl (C=O) groups is 1. The van der Waals surface area contributed by atoms with E-state index in [0.29, 0.717) is 5.82 Å². The molecule has 0 aliphatic carbocycles. The topological polar surface area (TPSA) is 70.2 Å². The number of rotatable bonds is 4. The maximum Gasteiger partial charge on any atom is 0.242 e. The molecule has 3 rings (SSSR count). The SMILES string of the molecule is CN/C=C(\NC)N1C(=O)C(C)(C)c2ccc(-c3cnc(C)nc3)cc21. The molecular formula is C19H23N5O. The monoisotopic (exact) mass is 337 g/mol. The standard InChI is InChI=1S/C19H23N5O/c1-12-22-9-14(10-23-12)13-6-7-15-16(8-13)24(17(21-5)11-20-4)18(25)19(15,2)3/h6-11,20-21H,1-5H3/b17-11+. The smallest absolute Gasteiger partial charge is 0.242 e. The fraction of sp³-hybridized carbons (Fsp3) is 0.316. The minimum absolute atomic E-state index is 0.0376. The first-order chi connectivity index (χ1) is 11.9. The minimum atomic E-state index is -0.582. The molecular weight excluding hydrogens is 314 g/mol. The average molecular weight is 337 g/mol. The van der Waals surface area contributed by atoms with Crippen LogP contribution in [0.3, 0.4) is 0 Å². The van der Waals surface area contributed by atoms with Crippen LogP contribution in [-0.2, 0) is 10.2 Å². The zero-order chi connectivity index (χ0) is 18.2. The molecule has 1 aliphatic heterocycles. The zero-order valence-corrected chi connectivity index (χ0v) is 15.2. The Morgan fingerprint density at radius 3 is 2.44 bits per heavy atom. The Labute approximate surface area is 148 Å². The average Bonchev–Trinajstić information content (AvgIpc) is 2.80. The lowest BCUT2D eigenvalue weighted by atomic mass is 9.85. The van der Waals surface area contributed by atoms with E-state index in [2.05, 4.69) is 20.6 Å². The van der Waals surface area contributed by atoms with Crippen LogP contribution in [0.2, 0.25) is 0 Å². The normalized spacial score (nSPS) is 16.0. The zero-order valence-electron chi connectivity index (χ0n) is 15.2. The molecule has 6 heteroatoms. The fourth-order valence-electron chi connectivity index (χ4n) is 3.09. The summed E-state index contributed by atoms with van der Waals surface area (Å²) in [5, 5.41) is 6.09. The molecule has 0 radical (unpaired) electrons. The summed E-state index contributed by atoms with van der Waals surface area (Å²) in [4.78, 5) is 23.3. The fourth-order valence-corrected chi connectivity index (χ4v) is 3.09. The number of nitrogens with zero attached hydrogens (tertiary/aromatic N) is 3. The first-order valence-electron chi connectivity index (χ1n) is 8.23. The summed E-state index contributed by atoms with van der Waals surface area (Å²) in [5.41, 5.74) is 3.21. The minimum Gasteiger partial charge on any atom is -0.391 e. The van der Waals surface area contributed by atoms with Crippen molar-refractivity contribution in [2.24, 2.45) is 0 Å². The number of hydrogen-bond donors (Lipinski definition) is 2. The quantitative estimate of drug-likeness (QED) is 0.896. The van der Waals surface area contributed by atoms with E-state index in [1.54, 1.807) is 30.5 Å². The van der Waals surface area contributed by atoms with Crippen molar-refractivity contribution < 1.29 is 4.79 Å². The van der Waals surface area contributed by atoms with E-state index in [-0.39, 0.29) is 5.91 Å². The van der Waals surface area contributed by atoms with Crippen molar-refractivity contribution in [1.29, 1.82) is 0 Å². The Bertz CT molecular complexity index is 839. The van der Waals surface area contributed by atoms with Crippen LogP contribution >= 0.6 is 0 Å². The molecule has 2 heterocycles. The van der Waals surface area contributed by atoms with Crippen LogP contribution in [-0.4, -0.2) is 30.0 Å². The van der Waals surface area contributed by atoms with Gasteiger partial charge in [0.25, 0.3) is 0 Å². The van der Waals surface area contributed by atoms with Crippen molar-refractivity contribution in [2.45, 2.75) is 26.2 Å². The molecule has 0 saturated heterocycles. The van der Waals surface area contributed by atoms with E-state index in [9.17, 15) is 4.79 Å². The van der Waals surface area contributed by atoms with E-state index in [1.165, 1.54) is 0 Å². The maximum atomic E-state index is 13.0. The third-order valence-corrected chi connectivity index (χ3v) is 4.54. The van der Waals surface area contributed by atoms with Gasteiger partial charge in [0.1, 0.15) is 11.6 Å². The number of nitrogens with one attached hydrogen (secondary N) is 2. The van der Waals surface area contributed by atoms with Crippen LogP contribution in [0.25, 0.3) is 11.1 Å². The largest absolute Gasteiger partial charge is 0.391 e. The number of aromatic nitrogens is 2. The Hall–Kier alpha value is -2.89. The molecule has 0 atom stereocenters.